The summed E-state index contributed by atoms with van der Waals surface area (Å²) in [6.45, 7) is 3.77. The van der Waals surface area contributed by atoms with Crippen molar-refractivity contribution in [1.29, 1.82) is 0 Å². The van der Waals surface area contributed by atoms with E-state index in [1.807, 2.05) is 13.8 Å². The van der Waals surface area contributed by atoms with Gasteiger partial charge in [-0.2, -0.15) is 0 Å². The summed E-state index contributed by atoms with van der Waals surface area (Å²) in [4.78, 5) is 40.2. The van der Waals surface area contributed by atoms with Crippen LogP contribution in [0.2, 0.25) is 0 Å². The summed E-state index contributed by atoms with van der Waals surface area (Å²) in [6.07, 6.45) is 3.49. The van der Waals surface area contributed by atoms with Crippen molar-refractivity contribution < 1.29 is 19.2 Å². The van der Waals surface area contributed by atoms with Crippen LogP contribution in [0.15, 0.2) is 47.5 Å². The zero-order valence-corrected chi connectivity index (χ0v) is 16.0. The molecule has 1 aromatic heterocycles. The SMILES string of the molecule is CC[C@@H](C)N1C(=O)S/C(=C/c2ccc(Oc3ccc([N+](=O)[O-])cn3)cc2)C1=O. The average Bonchev–Trinajstić information content (AvgIpc) is 2.96. The summed E-state index contributed by atoms with van der Waals surface area (Å²) < 4.78 is 5.55. The van der Waals surface area contributed by atoms with E-state index in [-0.39, 0.29) is 28.8 Å². The van der Waals surface area contributed by atoms with Crippen LogP contribution in [0.1, 0.15) is 25.8 Å². The maximum absolute atomic E-state index is 12.4. The first kappa shape index (κ1) is 19.6. The summed E-state index contributed by atoms with van der Waals surface area (Å²) in [5.41, 5.74) is 0.632. The van der Waals surface area contributed by atoms with Crippen LogP contribution in [-0.4, -0.2) is 32.0 Å². The predicted molar refractivity (Wildman–Crippen MR) is 105 cm³/mol. The molecule has 28 heavy (non-hydrogen) atoms. The highest BCUT2D eigenvalue weighted by molar-refractivity contribution is 8.18. The van der Waals surface area contributed by atoms with Gasteiger partial charge in [0, 0.05) is 18.2 Å². The number of nitro groups is 1. The van der Waals surface area contributed by atoms with Gasteiger partial charge in [0.05, 0.1) is 9.83 Å². The van der Waals surface area contributed by atoms with Crippen molar-refractivity contribution in [3.63, 3.8) is 0 Å². The Hall–Kier alpha value is -3.20. The number of rotatable bonds is 6. The lowest BCUT2D eigenvalue weighted by Crippen LogP contribution is -2.36. The highest BCUT2D eigenvalue weighted by atomic mass is 32.2. The number of thioether (sulfide) groups is 1. The van der Waals surface area contributed by atoms with Gasteiger partial charge >= 0.3 is 0 Å². The van der Waals surface area contributed by atoms with Gasteiger partial charge < -0.3 is 4.74 Å². The Morgan fingerprint density at radius 3 is 2.54 bits per heavy atom. The molecule has 0 bridgehead atoms. The van der Waals surface area contributed by atoms with E-state index in [9.17, 15) is 19.7 Å². The van der Waals surface area contributed by atoms with Gasteiger partial charge in [-0.15, -0.1) is 0 Å². The highest BCUT2D eigenvalue weighted by Crippen LogP contribution is 2.34. The van der Waals surface area contributed by atoms with Crippen LogP contribution in [0.5, 0.6) is 11.6 Å². The number of aromatic nitrogens is 1. The number of imide groups is 1. The van der Waals surface area contributed by atoms with Crippen LogP contribution in [-0.2, 0) is 4.79 Å². The molecule has 1 aromatic carbocycles. The third-order valence-electron chi connectivity index (χ3n) is 4.19. The van der Waals surface area contributed by atoms with E-state index in [1.54, 1.807) is 30.3 Å². The van der Waals surface area contributed by atoms with Gasteiger partial charge in [0.1, 0.15) is 11.9 Å². The van der Waals surface area contributed by atoms with E-state index in [0.717, 1.165) is 23.5 Å². The molecule has 1 atom stereocenters. The summed E-state index contributed by atoms with van der Waals surface area (Å²) >= 11 is 0.933. The van der Waals surface area contributed by atoms with Gasteiger partial charge in [0.15, 0.2) is 0 Å². The maximum Gasteiger partial charge on any atom is 0.293 e. The fourth-order valence-electron chi connectivity index (χ4n) is 2.49. The third kappa shape index (κ3) is 4.20. The summed E-state index contributed by atoms with van der Waals surface area (Å²) in [5, 5.41) is 10.4. The monoisotopic (exact) mass is 399 g/mol. The van der Waals surface area contributed by atoms with Crippen molar-refractivity contribution in [2.24, 2.45) is 0 Å². The Balaban J connectivity index is 1.71. The molecule has 9 heteroatoms. The fourth-order valence-corrected chi connectivity index (χ4v) is 3.42. The fraction of sp³-hybridized carbons (Fsp3) is 0.211. The molecule has 1 aliphatic rings. The molecular formula is C19H17N3O5S. The van der Waals surface area contributed by atoms with Crippen molar-refractivity contribution in [2.45, 2.75) is 26.3 Å². The van der Waals surface area contributed by atoms with Crippen molar-refractivity contribution in [2.75, 3.05) is 0 Å². The maximum atomic E-state index is 12.4. The summed E-state index contributed by atoms with van der Waals surface area (Å²) in [5.74, 6) is 0.444. The topological polar surface area (TPSA) is 103 Å². The quantitative estimate of drug-likeness (QED) is 0.397. The zero-order chi connectivity index (χ0) is 20.3. The minimum absolute atomic E-state index is 0.117. The van der Waals surface area contributed by atoms with E-state index in [0.29, 0.717) is 17.1 Å². The summed E-state index contributed by atoms with van der Waals surface area (Å²) in [7, 11) is 0. The Kier molecular flexibility index (Phi) is 5.74. The van der Waals surface area contributed by atoms with Crippen LogP contribution in [0, 0.1) is 10.1 Å². The lowest BCUT2D eigenvalue weighted by Gasteiger charge is -2.19. The van der Waals surface area contributed by atoms with E-state index >= 15 is 0 Å². The number of hydrogen-bond acceptors (Lipinski definition) is 7. The highest BCUT2D eigenvalue weighted by Gasteiger charge is 2.37. The molecule has 1 fully saturated rings. The van der Waals surface area contributed by atoms with Gasteiger partial charge in [-0.1, -0.05) is 19.1 Å². The number of hydrogen-bond donors (Lipinski definition) is 0. The van der Waals surface area contributed by atoms with Crippen molar-refractivity contribution in [3.05, 3.63) is 63.2 Å². The van der Waals surface area contributed by atoms with Gasteiger partial charge in [0.2, 0.25) is 5.88 Å². The minimum Gasteiger partial charge on any atom is -0.439 e. The summed E-state index contributed by atoms with van der Waals surface area (Å²) in [6, 6.07) is 9.46. The average molecular weight is 399 g/mol. The molecule has 0 saturated carbocycles. The molecule has 1 saturated heterocycles. The Labute approximate surface area is 165 Å². The molecule has 3 rings (SSSR count). The van der Waals surface area contributed by atoms with Crippen molar-refractivity contribution in [3.8, 4) is 11.6 Å². The number of carbonyl (C=O) groups is 2. The van der Waals surface area contributed by atoms with Gasteiger partial charge in [-0.05, 0) is 48.9 Å². The van der Waals surface area contributed by atoms with E-state index in [4.69, 9.17) is 4.74 Å². The standard InChI is InChI=1S/C19H17N3O5S/c1-3-12(2)21-18(23)16(28-19(21)24)10-13-4-7-15(8-5-13)27-17-9-6-14(11-20-17)22(25)26/h4-12H,3H2,1-2H3/b16-10+/t12-/m1/s1. The first-order valence-corrected chi connectivity index (χ1v) is 9.36. The Morgan fingerprint density at radius 2 is 1.96 bits per heavy atom. The molecule has 0 aliphatic carbocycles. The van der Waals surface area contributed by atoms with Crippen LogP contribution in [0.25, 0.3) is 6.08 Å². The molecule has 2 aromatic rings. The lowest BCUT2D eigenvalue weighted by atomic mass is 10.2. The number of carbonyl (C=O) groups excluding carboxylic acids is 2. The van der Waals surface area contributed by atoms with Crippen LogP contribution in [0.4, 0.5) is 10.5 Å². The molecule has 0 N–H and O–H groups in total. The largest absolute Gasteiger partial charge is 0.439 e. The van der Waals surface area contributed by atoms with Crippen molar-refractivity contribution >= 4 is 34.7 Å². The van der Waals surface area contributed by atoms with E-state index in [1.165, 1.54) is 17.0 Å². The second kappa shape index (κ2) is 8.22. The molecule has 2 heterocycles. The molecule has 0 unspecified atom stereocenters. The first-order chi connectivity index (χ1) is 13.4. The van der Waals surface area contributed by atoms with E-state index < -0.39 is 4.92 Å². The van der Waals surface area contributed by atoms with Crippen molar-refractivity contribution in [1.82, 2.24) is 9.88 Å². The Bertz CT molecular complexity index is 941. The van der Waals surface area contributed by atoms with Crippen LogP contribution < -0.4 is 4.74 Å². The molecule has 0 spiro atoms. The van der Waals surface area contributed by atoms with Crippen LogP contribution in [0.3, 0.4) is 0 Å². The Morgan fingerprint density at radius 1 is 1.25 bits per heavy atom. The zero-order valence-electron chi connectivity index (χ0n) is 15.2. The number of ether oxygens (including phenoxy) is 1. The second-order valence-electron chi connectivity index (χ2n) is 6.09. The molecule has 144 valence electrons. The number of benzene rings is 1. The van der Waals surface area contributed by atoms with Gasteiger partial charge in [0.25, 0.3) is 16.8 Å². The van der Waals surface area contributed by atoms with E-state index in [2.05, 4.69) is 4.98 Å². The number of nitrogens with zero attached hydrogens (tertiary/aromatic N) is 3. The van der Waals surface area contributed by atoms with Gasteiger partial charge in [-0.3, -0.25) is 24.6 Å². The number of pyridine rings is 1. The van der Waals surface area contributed by atoms with Crippen LogP contribution >= 0.6 is 11.8 Å². The normalized spacial score (nSPS) is 16.5. The minimum atomic E-state index is -0.533. The number of amides is 2. The first-order valence-electron chi connectivity index (χ1n) is 8.54. The smallest absolute Gasteiger partial charge is 0.293 e. The lowest BCUT2D eigenvalue weighted by molar-refractivity contribution is -0.385. The molecule has 1 aliphatic heterocycles. The predicted octanol–water partition coefficient (Wildman–Crippen LogP) is 4.62. The molecular weight excluding hydrogens is 382 g/mol. The molecule has 2 amide bonds. The van der Waals surface area contributed by atoms with Gasteiger partial charge in [-0.25, -0.2) is 4.98 Å². The molecule has 8 nitrogen and oxygen atoms in total. The second-order valence-corrected chi connectivity index (χ2v) is 7.09. The molecule has 0 radical (unpaired) electrons. The third-order valence-corrected chi connectivity index (χ3v) is 5.07.